The highest BCUT2D eigenvalue weighted by Gasteiger charge is 2.33. The van der Waals surface area contributed by atoms with E-state index in [0.29, 0.717) is 12.6 Å². The fourth-order valence-corrected chi connectivity index (χ4v) is 1.75. The van der Waals surface area contributed by atoms with Gasteiger partial charge in [-0.25, -0.2) is 0 Å². The fourth-order valence-electron chi connectivity index (χ4n) is 1.46. The van der Waals surface area contributed by atoms with Gasteiger partial charge < -0.3 is 10.4 Å². The normalized spacial score (nSPS) is 31.4. The first kappa shape index (κ1) is 11.8. The molecule has 0 saturated heterocycles. The molecule has 3 heteroatoms. The van der Waals surface area contributed by atoms with Crippen LogP contribution in [-0.2, 0) is 0 Å². The zero-order valence-corrected chi connectivity index (χ0v) is 9.46. The molecular formula is C11H18ClNO. The van der Waals surface area contributed by atoms with Crippen molar-refractivity contribution in [1.82, 2.24) is 5.32 Å². The van der Waals surface area contributed by atoms with Crippen LogP contribution in [0, 0.1) is 5.92 Å². The average molecular weight is 216 g/mol. The Hall–Kier alpha value is -0.310. The lowest BCUT2D eigenvalue weighted by Crippen LogP contribution is -2.44. The molecule has 0 heterocycles. The molecule has 0 saturated carbocycles. The summed E-state index contributed by atoms with van der Waals surface area (Å²) < 4.78 is 0. The average Bonchev–Trinajstić information content (AvgIpc) is 2.16. The molecule has 2 nitrogen and oxygen atoms in total. The number of hydrogen-bond acceptors (Lipinski definition) is 2. The molecule has 0 fully saturated rings. The molecule has 1 rings (SSSR count). The Balaban J connectivity index is 2.61. The lowest BCUT2D eigenvalue weighted by atomic mass is 9.88. The maximum atomic E-state index is 9.19. The number of alkyl halides is 1. The summed E-state index contributed by atoms with van der Waals surface area (Å²) in [4.78, 5) is -0.478. The molecular weight excluding hydrogens is 198 g/mol. The molecule has 2 atom stereocenters. The predicted octanol–water partition coefficient (Wildman–Crippen LogP) is 1.70. The maximum absolute atomic E-state index is 9.19. The first-order valence-corrected chi connectivity index (χ1v) is 5.35. The molecule has 0 radical (unpaired) electrons. The highest BCUT2D eigenvalue weighted by molar-refractivity contribution is 6.26. The molecule has 1 aliphatic rings. The summed E-state index contributed by atoms with van der Waals surface area (Å²) in [7, 11) is 0. The summed E-state index contributed by atoms with van der Waals surface area (Å²) in [6, 6.07) is 0.407. The predicted molar refractivity (Wildman–Crippen MR) is 60.6 cm³/mol. The summed E-state index contributed by atoms with van der Waals surface area (Å²) in [5.74, 6) is 0.000386. The highest BCUT2D eigenvalue weighted by Crippen LogP contribution is 2.30. The summed E-state index contributed by atoms with van der Waals surface area (Å²) in [6.07, 6.45) is 7.76. The van der Waals surface area contributed by atoms with E-state index < -0.39 is 4.87 Å². The zero-order valence-electron chi connectivity index (χ0n) is 8.70. The van der Waals surface area contributed by atoms with Gasteiger partial charge in [-0.3, -0.25) is 0 Å². The molecule has 0 aromatic rings. The van der Waals surface area contributed by atoms with Crippen molar-refractivity contribution in [3.05, 3.63) is 24.3 Å². The van der Waals surface area contributed by atoms with Gasteiger partial charge in [-0.1, -0.05) is 38.2 Å². The van der Waals surface area contributed by atoms with Crippen LogP contribution < -0.4 is 5.32 Å². The minimum absolute atomic E-state index is 0.000386. The topological polar surface area (TPSA) is 32.3 Å². The summed E-state index contributed by atoms with van der Waals surface area (Å²) in [5.41, 5.74) is 0. The molecule has 80 valence electrons. The second kappa shape index (κ2) is 4.96. The van der Waals surface area contributed by atoms with E-state index in [2.05, 4.69) is 19.2 Å². The Morgan fingerprint density at radius 1 is 1.50 bits per heavy atom. The SMILES string of the molecule is CC(C)NCC1(Cl)C=CC=CC1CO. The third-order valence-electron chi connectivity index (χ3n) is 2.42. The first-order chi connectivity index (χ1) is 6.58. The highest BCUT2D eigenvalue weighted by atomic mass is 35.5. The van der Waals surface area contributed by atoms with Gasteiger partial charge in [0, 0.05) is 18.5 Å². The van der Waals surface area contributed by atoms with Crippen LogP contribution in [0.3, 0.4) is 0 Å². The quantitative estimate of drug-likeness (QED) is 0.700. The minimum Gasteiger partial charge on any atom is -0.396 e. The lowest BCUT2D eigenvalue weighted by Gasteiger charge is -2.32. The van der Waals surface area contributed by atoms with Gasteiger partial charge in [0.25, 0.3) is 0 Å². The minimum atomic E-state index is -0.478. The first-order valence-electron chi connectivity index (χ1n) is 4.97. The Labute approximate surface area is 90.7 Å². The van der Waals surface area contributed by atoms with Crippen molar-refractivity contribution in [2.75, 3.05) is 13.2 Å². The van der Waals surface area contributed by atoms with Crippen molar-refractivity contribution < 1.29 is 5.11 Å². The van der Waals surface area contributed by atoms with Crippen LogP contribution >= 0.6 is 11.6 Å². The Morgan fingerprint density at radius 2 is 2.21 bits per heavy atom. The van der Waals surface area contributed by atoms with E-state index in [1.165, 1.54) is 0 Å². The van der Waals surface area contributed by atoms with Gasteiger partial charge in [0.2, 0.25) is 0 Å². The number of allylic oxidation sites excluding steroid dienone is 2. The molecule has 1 aliphatic carbocycles. The Bertz CT molecular complexity index is 237. The number of aliphatic hydroxyl groups is 1. The van der Waals surface area contributed by atoms with Crippen LogP contribution in [0.25, 0.3) is 0 Å². The third kappa shape index (κ3) is 2.84. The van der Waals surface area contributed by atoms with Crippen LogP contribution in [0.1, 0.15) is 13.8 Å². The van der Waals surface area contributed by atoms with Crippen molar-refractivity contribution in [3.63, 3.8) is 0 Å². The molecule has 0 amide bonds. The zero-order chi connectivity index (χ0) is 10.6. The Morgan fingerprint density at radius 3 is 2.79 bits per heavy atom. The van der Waals surface area contributed by atoms with Gasteiger partial charge in [0.1, 0.15) is 0 Å². The van der Waals surface area contributed by atoms with E-state index in [9.17, 15) is 5.11 Å². The summed E-state index contributed by atoms with van der Waals surface area (Å²) in [6.45, 7) is 4.93. The van der Waals surface area contributed by atoms with E-state index in [4.69, 9.17) is 11.6 Å². The molecule has 0 spiro atoms. The monoisotopic (exact) mass is 215 g/mol. The van der Waals surface area contributed by atoms with Crippen molar-refractivity contribution in [1.29, 1.82) is 0 Å². The standard InChI is InChI=1S/C11H18ClNO/c1-9(2)13-8-11(12)6-4-3-5-10(11)7-14/h3-6,9-10,13-14H,7-8H2,1-2H3. The van der Waals surface area contributed by atoms with Crippen LogP contribution in [-0.4, -0.2) is 29.2 Å². The maximum Gasteiger partial charge on any atom is 0.0837 e. The molecule has 2 N–H and O–H groups in total. The number of hydrogen-bond donors (Lipinski definition) is 2. The van der Waals surface area contributed by atoms with Gasteiger partial charge in [-0.15, -0.1) is 11.6 Å². The molecule has 0 aromatic carbocycles. The number of halogens is 1. The molecule has 14 heavy (non-hydrogen) atoms. The van der Waals surface area contributed by atoms with E-state index in [1.54, 1.807) is 0 Å². The van der Waals surface area contributed by atoms with Crippen LogP contribution in [0.2, 0.25) is 0 Å². The van der Waals surface area contributed by atoms with Gasteiger partial charge in [-0.05, 0) is 0 Å². The third-order valence-corrected chi connectivity index (χ3v) is 2.96. The molecule has 2 unspecified atom stereocenters. The smallest absolute Gasteiger partial charge is 0.0837 e. The van der Waals surface area contributed by atoms with Crippen LogP contribution in [0.15, 0.2) is 24.3 Å². The fraction of sp³-hybridized carbons (Fsp3) is 0.636. The van der Waals surface area contributed by atoms with Crippen molar-refractivity contribution in [2.45, 2.75) is 24.8 Å². The largest absolute Gasteiger partial charge is 0.396 e. The number of nitrogens with one attached hydrogen (secondary N) is 1. The van der Waals surface area contributed by atoms with Crippen molar-refractivity contribution in [2.24, 2.45) is 5.92 Å². The van der Waals surface area contributed by atoms with Crippen LogP contribution in [0.5, 0.6) is 0 Å². The second-order valence-electron chi connectivity index (χ2n) is 4.00. The van der Waals surface area contributed by atoms with E-state index in [1.807, 2.05) is 24.3 Å². The van der Waals surface area contributed by atoms with E-state index in [0.717, 1.165) is 0 Å². The summed E-state index contributed by atoms with van der Waals surface area (Å²) >= 11 is 6.42. The van der Waals surface area contributed by atoms with Crippen LogP contribution in [0.4, 0.5) is 0 Å². The number of aliphatic hydroxyl groups excluding tert-OH is 1. The van der Waals surface area contributed by atoms with Crippen molar-refractivity contribution in [3.8, 4) is 0 Å². The van der Waals surface area contributed by atoms with E-state index in [-0.39, 0.29) is 12.5 Å². The molecule has 0 bridgehead atoms. The van der Waals surface area contributed by atoms with E-state index >= 15 is 0 Å². The molecule has 0 aliphatic heterocycles. The lowest BCUT2D eigenvalue weighted by molar-refractivity contribution is 0.229. The second-order valence-corrected chi connectivity index (χ2v) is 4.70. The summed E-state index contributed by atoms with van der Waals surface area (Å²) in [5, 5.41) is 12.5. The molecule has 0 aromatic heterocycles. The number of rotatable bonds is 4. The van der Waals surface area contributed by atoms with Crippen molar-refractivity contribution >= 4 is 11.6 Å². The van der Waals surface area contributed by atoms with Gasteiger partial charge in [0.05, 0.1) is 11.5 Å². The van der Waals surface area contributed by atoms with Gasteiger partial charge in [0.15, 0.2) is 0 Å². The van der Waals surface area contributed by atoms with Gasteiger partial charge >= 0.3 is 0 Å². The Kier molecular flexibility index (Phi) is 4.17. The van der Waals surface area contributed by atoms with Gasteiger partial charge in [-0.2, -0.15) is 0 Å².